The van der Waals surface area contributed by atoms with Crippen LogP contribution < -0.4 is 14.8 Å². The average molecular weight is 652 g/mol. The molecule has 0 bridgehead atoms. The van der Waals surface area contributed by atoms with E-state index in [1.807, 2.05) is 28.7 Å². The summed E-state index contributed by atoms with van der Waals surface area (Å²) in [5.74, 6) is -1.26. The molecule has 2 amide bonds. The summed E-state index contributed by atoms with van der Waals surface area (Å²) >= 11 is 2.02. The number of halogens is 1. The predicted molar refractivity (Wildman–Crippen MR) is 151 cm³/mol. The molecular formula is C28H33IN2O8. The van der Waals surface area contributed by atoms with E-state index in [1.54, 1.807) is 43.3 Å². The number of aliphatic hydroxyl groups excluding tert-OH is 3. The highest BCUT2D eigenvalue weighted by Crippen LogP contribution is 2.37. The summed E-state index contributed by atoms with van der Waals surface area (Å²) in [6, 6.07) is 11.4. The Morgan fingerprint density at radius 2 is 1.85 bits per heavy atom. The Labute approximate surface area is 240 Å². The zero-order valence-electron chi connectivity index (χ0n) is 21.8. The molecule has 0 fully saturated rings. The third-order valence-corrected chi connectivity index (χ3v) is 7.16. The van der Waals surface area contributed by atoms with E-state index < -0.39 is 35.8 Å². The second-order valence-corrected chi connectivity index (χ2v) is 10.1. The fraction of sp³-hybridized carbons (Fsp3) is 0.393. The Hall–Kier alpha value is -3.00. The summed E-state index contributed by atoms with van der Waals surface area (Å²) in [7, 11) is 1.44. The van der Waals surface area contributed by atoms with Crippen LogP contribution in [-0.4, -0.2) is 76.3 Å². The van der Waals surface area contributed by atoms with Crippen LogP contribution >= 0.6 is 22.6 Å². The molecule has 0 aliphatic heterocycles. The molecule has 2 aromatic rings. The number of carbonyl (C=O) groups is 3. The predicted octanol–water partition coefficient (Wildman–Crippen LogP) is 1.72. The molecule has 0 aromatic heterocycles. The zero-order chi connectivity index (χ0) is 28.5. The van der Waals surface area contributed by atoms with Crippen LogP contribution in [0.5, 0.6) is 11.5 Å². The number of methoxy groups -OCH3 is 1. The minimum Gasteiger partial charge on any atom is -0.493 e. The third-order valence-electron chi connectivity index (χ3n) is 6.36. The topological polar surface area (TPSA) is 146 Å². The van der Waals surface area contributed by atoms with Crippen molar-refractivity contribution >= 4 is 40.2 Å². The van der Waals surface area contributed by atoms with Crippen molar-refractivity contribution in [3.8, 4) is 11.5 Å². The van der Waals surface area contributed by atoms with Gasteiger partial charge in [0.15, 0.2) is 11.5 Å². The van der Waals surface area contributed by atoms with Gasteiger partial charge in [0.2, 0.25) is 11.7 Å². The number of benzene rings is 2. The Kier molecular flexibility index (Phi) is 11.3. The van der Waals surface area contributed by atoms with Crippen molar-refractivity contribution in [1.29, 1.82) is 0 Å². The quantitative estimate of drug-likeness (QED) is 0.201. The summed E-state index contributed by atoms with van der Waals surface area (Å²) in [4.78, 5) is 40.1. The number of rotatable bonds is 12. The van der Waals surface area contributed by atoms with Gasteiger partial charge in [-0.05, 0) is 51.9 Å². The van der Waals surface area contributed by atoms with Crippen molar-refractivity contribution in [1.82, 2.24) is 10.2 Å². The van der Waals surface area contributed by atoms with Gasteiger partial charge in [-0.2, -0.15) is 0 Å². The second kappa shape index (κ2) is 14.4. The molecule has 3 atom stereocenters. The normalized spacial score (nSPS) is 18.6. The van der Waals surface area contributed by atoms with Gasteiger partial charge >= 0.3 is 0 Å². The minimum atomic E-state index is -1.31. The molecule has 4 N–H and O–H groups in total. The van der Waals surface area contributed by atoms with Crippen LogP contribution in [0.1, 0.15) is 30.9 Å². The second-order valence-electron chi connectivity index (χ2n) is 8.98. The van der Waals surface area contributed by atoms with Gasteiger partial charge < -0.3 is 35.0 Å². The number of ether oxygens (including phenoxy) is 2. The number of Topliss-reactive ketones (excluding diaryl/α,β-unsaturated/α-hetero) is 1. The van der Waals surface area contributed by atoms with Gasteiger partial charge in [-0.3, -0.25) is 14.4 Å². The lowest BCUT2D eigenvalue weighted by Gasteiger charge is -2.40. The van der Waals surface area contributed by atoms with Crippen molar-refractivity contribution in [2.45, 2.75) is 51.2 Å². The Morgan fingerprint density at radius 1 is 1.13 bits per heavy atom. The smallest absolute Gasteiger partial charge is 0.290 e. The van der Waals surface area contributed by atoms with E-state index >= 15 is 0 Å². The highest BCUT2D eigenvalue weighted by atomic mass is 127. The van der Waals surface area contributed by atoms with Crippen molar-refractivity contribution < 1.29 is 39.2 Å². The first kappa shape index (κ1) is 30.5. The maximum atomic E-state index is 13.3. The van der Waals surface area contributed by atoms with Gasteiger partial charge in [0, 0.05) is 31.5 Å². The molecule has 10 nitrogen and oxygen atoms in total. The third kappa shape index (κ3) is 7.56. The lowest BCUT2D eigenvalue weighted by Crippen LogP contribution is -2.56. The van der Waals surface area contributed by atoms with E-state index in [0.29, 0.717) is 14.9 Å². The largest absolute Gasteiger partial charge is 0.493 e. The van der Waals surface area contributed by atoms with Gasteiger partial charge in [0.25, 0.3) is 5.91 Å². The fourth-order valence-electron chi connectivity index (χ4n) is 4.33. The average Bonchev–Trinajstić information content (AvgIpc) is 2.96. The number of carbonyl (C=O) groups excluding carboxylic acids is 3. The summed E-state index contributed by atoms with van der Waals surface area (Å²) < 4.78 is 12.3. The van der Waals surface area contributed by atoms with Crippen LogP contribution in [0.3, 0.4) is 0 Å². The van der Waals surface area contributed by atoms with Crippen LogP contribution in [0.2, 0.25) is 0 Å². The van der Waals surface area contributed by atoms with E-state index in [9.17, 15) is 29.7 Å². The van der Waals surface area contributed by atoms with Gasteiger partial charge in [0.1, 0.15) is 12.2 Å². The van der Waals surface area contributed by atoms with E-state index in [0.717, 1.165) is 5.56 Å². The van der Waals surface area contributed by atoms with Gasteiger partial charge in [-0.25, -0.2) is 0 Å². The van der Waals surface area contributed by atoms with Crippen molar-refractivity contribution in [3.63, 3.8) is 0 Å². The van der Waals surface area contributed by atoms with Crippen LogP contribution in [0.4, 0.5) is 0 Å². The first-order valence-corrected chi connectivity index (χ1v) is 13.6. The molecule has 3 unspecified atom stereocenters. The van der Waals surface area contributed by atoms with Crippen molar-refractivity contribution in [3.05, 3.63) is 68.8 Å². The van der Waals surface area contributed by atoms with E-state index in [-0.39, 0.29) is 50.5 Å². The molecule has 0 spiro atoms. The summed E-state index contributed by atoms with van der Waals surface area (Å²) in [5, 5.41) is 32.9. The lowest BCUT2D eigenvalue weighted by molar-refractivity contribution is -0.149. The number of nitrogens with zero attached hydrogens (tertiary/aromatic N) is 1. The highest BCUT2D eigenvalue weighted by Gasteiger charge is 2.42. The number of hydrogen-bond acceptors (Lipinski definition) is 8. The fourth-order valence-corrected chi connectivity index (χ4v) is 5.12. The SMILES string of the molecule is CCC(=O)C(=O)N(Cc1ccccc1)C1CC(C(=O)NCCO)=CC(Oc2c(I)cc(CO)cc2OC)C1O. The molecule has 210 valence electrons. The number of hydrogen-bond donors (Lipinski definition) is 4. The lowest BCUT2D eigenvalue weighted by atomic mass is 9.87. The number of amides is 2. The molecule has 11 heteroatoms. The van der Waals surface area contributed by atoms with Gasteiger partial charge in [0.05, 0.1) is 29.9 Å². The van der Waals surface area contributed by atoms with Crippen LogP contribution in [0, 0.1) is 3.57 Å². The molecule has 3 rings (SSSR count). The van der Waals surface area contributed by atoms with E-state index in [1.165, 1.54) is 18.1 Å². The number of nitrogens with one attached hydrogen (secondary N) is 1. The summed E-state index contributed by atoms with van der Waals surface area (Å²) in [6.45, 7) is 1.17. The molecule has 0 radical (unpaired) electrons. The molecule has 2 aromatic carbocycles. The molecule has 0 heterocycles. The first-order chi connectivity index (χ1) is 18.7. The van der Waals surface area contributed by atoms with Gasteiger partial charge in [-0.1, -0.05) is 37.3 Å². The molecule has 39 heavy (non-hydrogen) atoms. The minimum absolute atomic E-state index is 0.0147. The first-order valence-electron chi connectivity index (χ1n) is 12.5. The zero-order valence-corrected chi connectivity index (χ0v) is 24.0. The molecule has 0 saturated carbocycles. The van der Waals surface area contributed by atoms with Crippen LogP contribution in [0.15, 0.2) is 54.1 Å². The standard InChI is InChI=1S/C28H33IN2O8/c1-3-22(34)28(37)31(15-17-7-5-4-6-8-17)21-13-19(27(36)30-9-10-32)14-23(25(21)35)39-26-20(29)11-18(16-33)12-24(26)38-2/h4-8,11-12,14,21,23,25,32-33,35H,3,9-10,13,15-16H2,1-2H3,(H,30,36). The molecular weight excluding hydrogens is 619 g/mol. The molecule has 1 aliphatic rings. The van der Waals surface area contributed by atoms with E-state index in [4.69, 9.17) is 9.47 Å². The summed E-state index contributed by atoms with van der Waals surface area (Å²) in [5.41, 5.74) is 1.58. The maximum absolute atomic E-state index is 13.3. The van der Waals surface area contributed by atoms with Crippen LogP contribution in [0.25, 0.3) is 0 Å². The monoisotopic (exact) mass is 652 g/mol. The number of aliphatic hydroxyl groups is 3. The Morgan fingerprint density at radius 3 is 2.46 bits per heavy atom. The van der Waals surface area contributed by atoms with E-state index in [2.05, 4.69) is 5.32 Å². The Balaban J connectivity index is 2.05. The molecule has 0 saturated heterocycles. The number of ketones is 1. The van der Waals surface area contributed by atoms with Crippen molar-refractivity contribution in [2.24, 2.45) is 0 Å². The van der Waals surface area contributed by atoms with Crippen LogP contribution in [-0.2, 0) is 27.5 Å². The maximum Gasteiger partial charge on any atom is 0.290 e. The van der Waals surface area contributed by atoms with Crippen molar-refractivity contribution in [2.75, 3.05) is 20.3 Å². The Bertz CT molecular complexity index is 1200. The molecule has 1 aliphatic carbocycles. The van der Waals surface area contributed by atoms with Gasteiger partial charge in [-0.15, -0.1) is 0 Å². The summed E-state index contributed by atoms with van der Waals surface area (Å²) in [6.07, 6.45) is -0.973. The highest BCUT2D eigenvalue weighted by molar-refractivity contribution is 14.1.